The van der Waals surface area contributed by atoms with Crippen molar-refractivity contribution in [1.82, 2.24) is 9.80 Å². The molecule has 0 aromatic carbocycles. The molecule has 1 aromatic heterocycles. The smallest absolute Gasteiger partial charge is 0.265 e. The van der Waals surface area contributed by atoms with E-state index in [2.05, 4.69) is 0 Å². The Labute approximate surface area is 135 Å². The summed E-state index contributed by atoms with van der Waals surface area (Å²) in [5, 5.41) is 10.8. The molecular weight excluding hydrogens is 322 g/mol. The number of nitrogens with zero attached hydrogens (tertiary/aromatic N) is 2. The first-order chi connectivity index (χ1) is 10.8. The molecule has 2 aliphatic heterocycles. The van der Waals surface area contributed by atoms with E-state index >= 15 is 0 Å². The summed E-state index contributed by atoms with van der Waals surface area (Å²) in [6.45, 7) is 0.926. The number of rotatable bonds is 3. The van der Waals surface area contributed by atoms with E-state index in [0.717, 1.165) is 21.1 Å². The zero-order chi connectivity index (χ0) is 16.9. The van der Waals surface area contributed by atoms with Gasteiger partial charge in [0.15, 0.2) is 0 Å². The number of thiophene rings is 1. The van der Waals surface area contributed by atoms with Gasteiger partial charge in [-0.2, -0.15) is 0 Å². The van der Waals surface area contributed by atoms with E-state index in [-0.39, 0.29) is 42.1 Å². The van der Waals surface area contributed by atoms with Gasteiger partial charge < -0.3 is 10.8 Å². The Morgan fingerprint density at radius 1 is 1.30 bits per heavy atom. The molecule has 0 saturated carbocycles. The van der Waals surface area contributed by atoms with Gasteiger partial charge in [0.2, 0.25) is 5.91 Å². The van der Waals surface area contributed by atoms with E-state index in [0.29, 0.717) is 0 Å². The van der Waals surface area contributed by atoms with Crippen molar-refractivity contribution in [2.75, 3.05) is 18.9 Å². The van der Waals surface area contributed by atoms with Crippen LogP contribution in [0.2, 0.25) is 0 Å². The average molecular weight is 337 g/mol. The number of anilines is 1. The van der Waals surface area contributed by atoms with Crippen LogP contribution >= 0.6 is 11.3 Å². The number of β-amino-alcohol motifs (C(OH)–C–C–N with tert-alkyl or cyclic N) is 1. The van der Waals surface area contributed by atoms with Crippen LogP contribution in [0.4, 0.5) is 5.00 Å². The first-order valence-electron chi connectivity index (χ1n) is 7.04. The number of aliphatic hydroxyl groups excluding tert-OH is 1. The van der Waals surface area contributed by atoms with Crippen LogP contribution in [-0.2, 0) is 9.59 Å². The van der Waals surface area contributed by atoms with Crippen LogP contribution in [-0.4, -0.2) is 57.2 Å². The molecular formula is C14H15N3O5S. The van der Waals surface area contributed by atoms with Crippen molar-refractivity contribution in [2.24, 2.45) is 0 Å². The van der Waals surface area contributed by atoms with Gasteiger partial charge in [0.25, 0.3) is 17.7 Å². The third-order valence-corrected chi connectivity index (χ3v) is 5.13. The Morgan fingerprint density at radius 3 is 2.61 bits per heavy atom. The lowest BCUT2D eigenvalue weighted by Crippen LogP contribution is -2.64. The molecule has 122 valence electrons. The van der Waals surface area contributed by atoms with Gasteiger partial charge in [0.05, 0.1) is 29.3 Å². The fourth-order valence-electron chi connectivity index (χ4n) is 3.05. The number of fused-ring (bicyclic) bond motifs is 1. The predicted octanol–water partition coefficient (Wildman–Crippen LogP) is -0.174. The minimum absolute atomic E-state index is 0.0155. The molecule has 0 aliphatic carbocycles. The summed E-state index contributed by atoms with van der Waals surface area (Å²) >= 11 is 1.10. The SMILES string of the molecule is CC1(N2C(=O)c3csc(N)c3C2=O)CCC(=O)N(CCO)C1=O. The van der Waals surface area contributed by atoms with E-state index in [1.165, 1.54) is 12.3 Å². The number of likely N-dealkylation sites (tertiary alicyclic amines) is 1. The van der Waals surface area contributed by atoms with E-state index in [4.69, 9.17) is 10.8 Å². The third kappa shape index (κ3) is 2.00. The van der Waals surface area contributed by atoms with Crippen molar-refractivity contribution in [3.8, 4) is 0 Å². The molecule has 1 atom stereocenters. The topological polar surface area (TPSA) is 121 Å². The molecule has 2 aliphatic rings. The predicted molar refractivity (Wildman–Crippen MR) is 80.7 cm³/mol. The molecule has 1 unspecified atom stereocenters. The summed E-state index contributed by atoms with van der Waals surface area (Å²) in [7, 11) is 0. The van der Waals surface area contributed by atoms with Gasteiger partial charge in [0, 0.05) is 11.8 Å². The van der Waals surface area contributed by atoms with Crippen LogP contribution in [0.15, 0.2) is 5.38 Å². The average Bonchev–Trinajstić information content (AvgIpc) is 3.00. The van der Waals surface area contributed by atoms with E-state index in [1.54, 1.807) is 0 Å². The van der Waals surface area contributed by atoms with Crippen molar-refractivity contribution < 1.29 is 24.3 Å². The maximum atomic E-state index is 12.7. The second kappa shape index (κ2) is 5.14. The number of hydrogen-bond donors (Lipinski definition) is 2. The van der Waals surface area contributed by atoms with Crippen LogP contribution in [0.3, 0.4) is 0 Å². The fourth-order valence-corrected chi connectivity index (χ4v) is 3.83. The molecule has 3 rings (SSSR count). The van der Waals surface area contributed by atoms with Gasteiger partial charge in [-0.15, -0.1) is 11.3 Å². The van der Waals surface area contributed by atoms with Gasteiger partial charge in [-0.3, -0.25) is 29.0 Å². The van der Waals surface area contributed by atoms with E-state index in [9.17, 15) is 19.2 Å². The van der Waals surface area contributed by atoms with Gasteiger partial charge >= 0.3 is 0 Å². The van der Waals surface area contributed by atoms with Crippen LogP contribution in [0.5, 0.6) is 0 Å². The zero-order valence-corrected chi connectivity index (χ0v) is 13.2. The Hall–Kier alpha value is -2.26. The van der Waals surface area contributed by atoms with Gasteiger partial charge in [0.1, 0.15) is 5.54 Å². The summed E-state index contributed by atoms with van der Waals surface area (Å²) in [5.41, 5.74) is 4.61. The molecule has 4 amide bonds. The highest BCUT2D eigenvalue weighted by Crippen LogP contribution is 2.40. The highest BCUT2D eigenvalue weighted by Gasteiger charge is 2.55. The molecule has 8 nitrogen and oxygen atoms in total. The Morgan fingerprint density at radius 2 is 2.00 bits per heavy atom. The molecule has 3 N–H and O–H groups in total. The highest BCUT2D eigenvalue weighted by molar-refractivity contribution is 7.14. The maximum absolute atomic E-state index is 12.7. The standard InChI is InChI=1S/C14H15N3O5S/c1-14(3-2-8(19)16(4-5-18)13(14)22)17-11(20)7-6-23-10(15)9(7)12(17)21/h6,18H,2-5,15H2,1H3. The van der Waals surface area contributed by atoms with E-state index in [1.807, 2.05) is 0 Å². The first kappa shape index (κ1) is 15.6. The molecule has 3 heterocycles. The number of nitrogen functional groups attached to an aromatic ring is 1. The van der Waals surface area contributed by atoms with Crippen molar-refractivity contribution in [2.45, 2.75) is 25.3 Å². The maximum Gasteiger partial charge on any atom is 0.265 e. The molecule has 0 spiro atoms. The number of piperidine rings is 1. The molecule has 0 radical (unpaired) electrons. The summed E-state index contributed by atoms with van der Waals surface area (Å²) < 4.78 is 0. The van der Waals surface area contributed by atoms with Crippen molar-refractivity contribution in [3.63, 3.8) is 0 Å². The lowest BCUT2D eigenvalue weighted by Gasteiger charge is -2.42. The van der Waals surface area contributed by atoms with Gasteiger partial charge in [-0.25, -0.2) is 0 Å². The molecule has 0 bridgehead atoms. The van der Waals surface area contributed by atoms with Crippen LogP contribution in [0.1, 0.15) is 40.5 Å². The highest BCUT2D eigenvalue weighted by atomic mass is 32.1. The molecule has 9 heteroatoms. The summed E-state index contributed by atoms with van der Waals surface area (Å²) in [6, 6.07) is 0. The summed E-state index contributed by atoms with van der Waals surface area (Å²) in [4.78, 5) is 51.6. The number of amides is 4. The van der Waals surface area contributed by atoms with E-state index < -0.39 is 29.2 Å². The first-order valence-corrected chi connectivity index (χ1v) is 7.92. The van der Waals surface area contributed by atoms with Crippen LogP contribution in [0.25, 0.3) is 0 Å². The van der Waals surface area contributed by atoms with Crippen molar-refractivity contribution >= 4 is 40.0 Å². The number of hydrogen-bond acceptors (Lipinski definition) is 7. The Kier molecular flexibility index (Phi) is 3.49. The molecule has 1 aromatic rings. The number of imide groups is 2. The lowest BCUT2D eigenvalue weighted by atomic mass is 9.87. The number of carbonyl (C=O) groups is 4. The minimum atomic E-state index is -1.46. The second-order valence-corrected chi connectivity index (χ2v) is 6.59. The van der Waals surface area contributed by atoms with Gasteiger partial charge in [-0.1, -0.05) is 0 Å². The fraction of sp³-hybridized carbons (Fsp3) is 0.429. The zero-order valence-electron chi connectivity index (χ0n) is 12.4. The number of carbonyl (C=O) groups excluding carboxylic acids is 4. The summed E-state index contributed by atoms with van der Waals surface area (Å²) in [5.74, 6) is -2.27. The number of nitrogens with two attached hydrogens (primary N) is 1. The molecule has 1 fully saturated rings. The minimum Gasteiger partial charge on any atom is -0.395 e. The largest absolute Gasteiger partial charge is 0.395 e. The van der Waals surface area contributed by atoms with Crippen molar-refractivity contribution in [1.29, 1.82) is 0 Å². The normalized spacial score (nSPS) is 24.6. The number of aliphatic hydroxyl groups is 1. The molecule has 23 heavy (non-hydrogen) atoms. The summed E-state index contributed by atoms with van der Waals surface area (Å²) in [6.07, 6.45) is 0.0688. The second-order valence-electron chi connectivity index (χ2n) is 5.68. The monoisotopic (exact) mass is 337 g/mol. The third-order valence-electron chi connectivity index (χ3n) is 4.32. The van der Waals surface area contributed by atoms with Crippen LogP contribution in [0, 0.1) is 0 Å². The van der Waals surface area contributed by atoms with Crippen LogP contribution < -0.4 is 5.73 Å². The van der Waals surface area contributed by atoms with Crippen molar-refractivity contribution in [3.05, 3.63) is 16.5 Å². The molecule has 1 saturated heterocycles. The van der Waals surface area contributed by atoms with Gasteiger partial charge in [-0.05, 0) is 13.3 Å². The Balaban J connectivity index is 2.01. The quantitative estimate of drug-likeness (QED) is 0.739. The lowest BCUT2D eigenvalue weighted by molar-refractivity contribution is -0.157. The Bertz CT molecular complexity index is 743.